The number of carbonyl (C=O) groups is 2. The summed E-state index contributed by atoms with van der Waals surface area (Å²) in [5, 5.41) is 11.6. The molecular formula is C27H22N2O4. The molecule has 1 N–H and O–H groups in total. The second-order valence-electron chi connectivity index (χ2n) is 8.29. The largest absolute Gasteiger partial charge is 0.503 e. The van der Waals surface area contributed by atoms with E-state index >= 15 is 0 Å². The van der Waals surface area contributed by atoms with Gasteiger partial charge in [0.2, 0.25) is 5.78 Å². The Morgan fingerprint density at radius 1 is 1.09 bits per heavy atom. The molecule has 0 saturated carbocycles. The van der Waals surface area contributed by atoms with Crippen LogP contribution in [0.4, 0.5) is 0 Å². The lowest BCUT2D eigenvalue weighted by Crippen LogP contribution is -2.31. The molecule has 1 atom stereocenters. The van der Waals surface area contributed by atoms with E-state index in [0.29, 0.717) is 11.1 Å². The summed E-state index contributed by atoms with van der Waals surface area (Å²) >= 11 is 0. The first kappa shape index (κ1) is 20.7. The van der Waals surface area contributed by atoms with E-state index in [1.807, 2.05) is 50.2 Å². The molecule has 1 amide bonds. The number of hydrogen-bond donors (Lipinski definition) is 1. The average Bonchev–Trinajstić information content (AvgIpc) is 3.36. The predicted molar refractivity (Wildman–Crippen MR) is 124 cm³/mol. The number of furan rings is 1. The van der Waals surface area contributed by atoms with E-state index in [2.05, 4.69) is 4.98 Å². The molecule has 2 aromatic heterocycles. The fourth-order valence-electron chi connectivity index (χ4n) is 4.31. The fourth-order valence-corrected chi connectivity index (χ4v) is 4.31. The first-order valence-corrected chi connectivity index (χ1v) is 10.7. The number of benzene rings is 2. The first-order chi connectivity index (χ1) is 15.9. The van der Waals surface area contributed by atoms with Crippen molar-refractivity contribution in [2.45, 2.75) is 26.4 Å². The van der Waals surface area contributed by atoms with Gasteiger partial charge in [0.05, 0.1) is 11.6 Å². The molecule has 0 saturated heterocycles. The van der Waals surface area contributed by atoms with Crippen LogP contribution in [-0.2, 0) is 11.3 Å². The summed E-state index contributed by atoms with van der Waals surface area (Å²) in [6, 6.07) is 17.7. The maximum absolute atomic E-state index is 13.6. The zero-order valence-electron chi connectivity index (χ0n) is 18.3. The van der Waals surface area contributed by atoms with E-state index in [0.717, 1.165) is 22.1 Å². The molecule has 33 heavy (non-hydrogen) atoms. The zero-order valence-corrected chi connectivity index (χ0v) is 18.3. The highest BCUT2D eigenvalue weighted by Gasteiger charge is 2.44. The van der Waals surface area contributed by atoms with Crippen molar-refractivity contribution in [1.82, 2.24) is 9.88 Å². The highest BCUT2D eigenvalue weighted by atomic mass is 16.3. The van der Waals surface area contributed by atoms with Gasteiger partial charge in [-0.1, -0.05) is 48.0 Å². The number of aliphatic hydroxyl groups is 1. The van der Waals surface area contributed by atoms with Crippen molar-refractivity contribution in [3.05, 3.63) is 112 Å². The maximum atomic E-state index is 13.6. The number of aryl methyl sites for hydroxylation is 2. The Balaban J connectivity index is 1.60. The number of rotatable bonds is 5. The number of hydrogen-bond acceptors (Lipinski definition) is 5. The van der Waals surface area contributed by atoms with Crippen LogP contribution in [0.2, 0.25) is 0 Å². The third kappa shape index (κ3) is 3.59. The normalized spacial score (nSPS) is 16.1. The quantitative estimate of drug-likeness (QED) is 0.432. The minimum atomic E-state index is -0.785. The number of ketones is 1. The number of fused-ring (bicyclic) bond motifs is 1. The molecule has 0 spiro atoms. The monoisotopic (exact) mass is 438 g/mol. The van der Waals surface area contributed by atoms with Crippen molar-refractivity contribution >= 4 is 22.7 Å². The molecular weight excluding hydrogens is 416 g/mol. The van der Waals surface area contributed by atoms with Gasteiger partial charge in [0.15, 0.2) is 11.5 Å². The number of para-hydroxylation sites is 1. The number of Topliss-reactive ketones (excluding diaryl/α,β-unsaturated/α-hetero) is 1. The molecule has 0 bridgehead atoms. The third-order valence-electron chi connectivity index (χ3n) is 6.04. The zero-order chi connectivity index (χ0) is 23.1. The lowest BCUT2D eigenvalue weighted by atomic mass is 9.95. The Hall–Kier alpha value is -4.19. The van der Waals surface area contributed by atoms with Crippen LogP contribution in [0, 0.1) is 13.8 Å². The molecule has 4 aromatic rings. The van der Waals surface area contributed by atoms with Crippen LogP contribution in [0.25, 0.3) is 11.0 Å². The summed E-state index contributed by atoms with van der Waals surface area (Å²) in [6.07, 6.45) is 3.23. The standard InChI is InChI=1S/C27H22N2O4/c1-16-9-10-17(2)20(12-16)15-29-24(19-7-5-11-28-14-19)23(26(31)27(29)32)25(30)22-13-18-6-3-4-8-21(18)33-22/h3-14,24,31H,15H2,1-2H3. The second kappa shape index (κ2) is 8.06. The van der Waals surface area contributed by atoms with Gasteiger partial charge in [-0.05, 0) is 48.7 Å². The predicted octanol–water partition coefficient (Wildman–Crippen LogP) is 5.22. The van der Waals surface area contributed by atoms with E-state index in [-0.39, 0.29) is 17.9 Å². The highest BCUT2D eigenvalue weighted by Crippen LogP contribution is 2.40. The molecule has 164 valence electrons. The summed E-state index contributed by atoms with van der Waals surface area (Å²) in [4.78, 5) is 32.5. The van der Waals surface area contributed by atoms with E-state index in [4.69, 9.17) is 4.42 Å². The summed E-state index contributed by atoms with van der Waals surface area (Å²) in [5.41, 5.74) is 4.24. The molecule has 0 fully saturated rings. The molecule has 5 rings (SSSR count). The Morgan fingerprint density at radius 3 is 2.67 bits per heavy atom. The second-order valence-corrected chi connectivity index (χ2v) is 8.29. The van der Waals surface area contributed by atoms with Crippen molar-refractivity contribution in [2.24, 2.45) is 0 Å². The number of carbonyl (C=O) groups excluding carboxylic acids is 2. The summed E-state index contributed by atoms with van der Waals surface area (Å²) in [5.74, 6) is -1.59. The van der Waals surface area contributed by atoms with Crippen molar-refractivity contribution in [3.63, 3.8) is 0 Å². The van der Waals surface area contributed by atoms with E-state index in [1.54, 1.807) is 36.7 Å². The Labute approximate surface area is 190 Å². The summed E-state index contributed by atoms with van der Waals surface area (Å²) in [6.45, 7) is 4.20. The van der Waals surface area contributed by atoms with Crippen LogP contribution in [0.5, 0.6) is 0 Å². The van der Waals surface area contributed by atoms with Gasteiger partial charge in [-0.15, -0.1) is 0 Å². The van der Waals surface area contributed by atoms with Gasteiger partial charge in [0, 0.05) is 24.3 Å². The summed E-state index contributed by atoms with van der Waals surface area (Å²) < 4.78 is 5.76. The average molecular weight is 438 g/mol. The van der Waals surface area contributed by atoms with Gasteiger partial charge >= 0.3 is 0 Å². The van der Waals surface area contributed by atoms with Gasteiger partial charge in [-0.25, -0.2) is 0 Å². The van der Waals surface area contributed by atoms with Gasteiger partial charge in [-0.2, -0.15) is 0 Å². The number of aliphatic hydroxyl groups excluding tert-OH is 1. The van der Waals surface area contributed by atoms with Crippen LogP contribution in [0.15, 0.2) is 88.8 Å². The Morgan fingerprint density at radius 2 is 1.91 bits per heavy atom. The molecule has 1 aliphatic heterocycles. The number of nitrogens with zero attached hydrogens (tertiary/aromatic N) is 2. The maximum Gasteiger partial charge on any atom is 0.290 e. The lowest BCUT2D eigenvalue weighted by Gasteiger charge is -2.27. The van der Waals surface area contributed by atoms with Gasteiger partial charge < -0.3 is 14.4 Å². The van der Waals surface area contributed by atoms with Crippen LogP contribution >= 0.6 is 0 Å². The van der Waals surface area contributed by atoms with Crippen LogP contribution < -0.4 is 0 Å². The molecule has 1 unspecified atom stereocenters. The Kier molecular flexibility index (Phi) is 5.05. The topological polar surface area (TPSA) is 83.6 Å². The van der Waals surface area contributed by atoms with Crippen molar-refractivity contribution in [2.75, 3.05) is 0 Å². The van der Waals surface area contributed by atoms with E-state index in [1.165, 1.54) is 4.90 Å². The van der Waals surface area contributed by atoms with E-state index < -0.39 is 23.5 Å². The van der Waals surface area contributed by atoms with Gasteiger partial charge in [-0.3, -0.25) is 14.6 Å². The molecule has 0 radical (unpaired) electrons. The molecule has 2 aromatic carbocycles. The molecule has 3 heterocycles. The number of amides is 1. The van der Waals surface area contributed by atoms with Crippen molar-refractivity contribution in [1.29, 1.82) is 0 Å². The SMILES string of the molecule is Cc1ccc(C)c(CN2C(=O)C(O)=C(C(=O)c3cc4ccccc4o3)C2c2cccnc2)c1. The highest BCUT2D eigenvalue weighted by molar-refractivity contribution is 6.16. The lowest BCUT2D eigenvalue weighted by molar-refractivity contribution is -0.130. The minimum Gasteiger partial charge on any atom is -0.503 e. The molecule has 6 heteroatoms. The smallest absolute Gasteiger partial charge is 0.290 e. The summed E-state index contributed by atoms with van der Waals surface area (Å²) in [7, 11) is 0. The van der Waals surface area contributed by atoms with Gasteiger partial charge in [0.1, 0.15) is 5.58 Å². The number of pyridine rings is 1. The number of aromatic nitrogens is 1. The van der Waals surface area contributed by atoms with E-state index in [9.17, 15) is 14.7 Å². The fraction of sp³-hybridized carbons (Fsp3) is 0.148. The molecule has 1 aliphatic rings. The van der Waals surface area contributed by atoms with Crippen molar-refractivity contribution < 1.29 is 19.1 Å². The molecule has 6 nitrogen and oxygen atoms in total. The molecule has 0 aliphatic carbocycles. The van der Waals surface area contributed by atoms with Gasteiger partial charge in [0.25, 0.3) is 5.91 Å². The van der Waals surface area contributed by atoms with Crippen molar-refractivity contribution in [3.8, 4) is 0 Å². The van der Waals surface area contributed by atoms with Crippen LogP contribution in [0.1, 0.15) is 38.9 Å². The van der Waals surface area contributed by atoms with Crippen LogP contribution in [-0.4, -0.2) is 26.7 Å². The first-order valence-electron chi connectivity index (χ1n) is 10.7. The Bertz CT molecular complexity index is 1390. The third-order valence-corrected chi connectivity index (χ3v) is 6.04. The minimum absolute atomic E-state index is 0.00244. The van der Waals surface area contributed by atoms with Crippen LogP contribution in [0.3, 0.4) is 0 Å².